The third kappa shape index (κ3) is 9.12. The van der Waals surface area contributed by atoms with E-state index in [0.717, 1.165) is 11.1 Å². The van der Waals surface area contributed by atoms with E-state index in [1.807, 2.05) is 32.0 Å². The number of carbonyl (C=O) groups excluding carboxylic acids is 1. The Morgan fingerprint density at radius 2 is 1.67 bits per heavy atom. The monoisotopic (exact) mass is 693 g/mol. The number of fused-ring (bicyclic) bond motifs is 1. The molecule has 3 aromatic rings. The first-order chi connectivity index (χ1) is 23.1. The summed E-state index contributed by atoms with van der Waals surface area (Å²) in [5.74, 6) is -3.49. The predicted molar refractivity (Wildman–Crippen MR) is 170 cm³/mol. The number of aliphatic hydroxyl groups excluding tert-OH is 1. The second kappa shape index (κ2) is 15.1. The standard InChI is InChI=1S/C35H41F6N5O3/c1-20(2)28-13-22(18-42)14-29-31(28)49-33(45-29)24-5-3-23(4-6-24)32(48)44-19-21-8-11-46(12-9-21)30(47)7-10-43-27-16-25(34(36,37)38)15-26(17-27)35(39,40)41/h3-6,13-14,20-21,25-27,32,43-44,48H,7-12,15-17,19H2,1-2H3. The summed E-state index contributed by atoms with van der Waals surface area (Å²) in [6.07, 6.45) is -10.8. The minimum atomic E-state index is -4.70. The zero-order valence-corrected chi connectivity index (χ0v) is 27.4. The number of alkyl halides is 6. The Morgan fingerprint density at radius 1 is 1.04 bits per heavy atom. The maximum absolute atomic E-state index is 13.3. The lowest BCUT2D eigenvalue weighted by Crippen LogP contribution is -2.46. The van der Waals surface area contributed by atoms with Crippen molar-refractivity contribution >= 4 is 17.0 Å². The molecule has 1 amide bonds. The van der Waals surface area contributed by atoms with Gasteiger partial charge in [-0.1, -0.05) is 26.0 Å². The highest BCUT2D eigenvalue weighted by molar-refractivity contribution is 5.81. The topological polar surface area (TPSA) is 114 Å². The quantitative estimate of drug-likeness (QED) is 0.152. The number of likely N-dealkylation sites (tertiary alicyclic amines) is 1. The molecule has 14 heteroatoms. The van der Waals surface area contributed by atoms with E-state index in [1.54, 1.807) is 23.1 Å². The van der Waals surface area contributed by atoms with Crippen molar-refractivity contribution in [3.63, 3.8) is 0 Å². The molecule has 0 spiro atoms. The average molecular weight is 694 g/mol. The van der Waals surface area contributed by atoms with Crippen LogP contribution in [0.4, 0.5) is 26.3 Å². The number of nitrogens with zero attached hydrogens (tertiary/aromatic N) is 3. The van der Waals surface area contributed by atoms with Gasteiger partial charge in [0.15, 0.2) is 5.58 Å². The number of piperidine rings is 1. The number of oxazole rings is 1. The van der Waals surface area contributed by atoms with Gasteiger partial charge in [-0.2, -0.15) is 31.6 Å². The van der Waals surface area contributed by atoms with E-state index in [0.29, 0.717) is 60.6 Å². The number of halogens is 6. The van der Waals surface area contributed by atoms with E-state index in [2.05, 4.69) is 21.7 Å². The number of hydrogen-bond acceptors (Lipinski definition) is 7. The minimum absolute atomic E-state index is 0.00909. The third-order valence-electron chi connectivity index (χ3n) is 9.72. The van der Waals surface area contributed by atoms with Crippen LogP contribution in [0.1, 0.15) is 81.2 Å². The molecule has 0 bridgehead atoms. The smallest absolute Gasteiger partial charge is 0.391 e. The van der Waals surface area contributed by atoms with Crippen LogP contribution in [0.5, 0.6) is 0 Å². The van der Waals surface area contributed by atoms with Crippen molar-refractivity contribution in [2.45, 2.75) is 82.9 Å². The molecule has 3 unspecified atom stereocenters. The SMILES string of the molecule is CC(C)c1cc(C#N)cc2nc(-c3ccc(C(O)NCC4CCN(C(=O)CCNC5CC(C(F)(F)F)CC(C(F)(F)F)C5)CC4)cc3)oc12. The summed E-state index contributed by atoms with van der Waals surface area (Å²) >= 11 is 0. The van der Waals surface area contributed by atoms with Crippen molar-refractivity contribution in [2.75, 3.05) is 26.2 Å². The van der Waals surface area contributed by atoms with E-state index >= 15 is 0 Å². The van der Waals surface area contributed by atoms with Crippen LogP contribution in [0.25, 0.3) is 22.6 Å². The van der Waals surface area contributed by atoms with E-state index in [1.165, 1.54) is 0 Å². The zero-order chi connectivity index (χ0) is 35.5. The van der Waals surface area contributed by atoms with E-state index in [9.17, 15) is 41.5 Å². The van der Waals surface area contributed by atoms with E-state index in [4.69, 9.17) is 4.42 Å². The van der Waals surface area contributed by atoms with Gasteiger partial charge in [-0.15, -0.1) is 0 Å². The number of nitrogens with one attached hydrogen (secondary N) is 2. The van der Waals surface area contributed by atoms with Gasteiger partial charge in [-0.3, -0.25) is 10.1 Å². The van der Waals surface area contributed by atoms with Gasteiger partial charge < -0.3 is 19.7 Å². The highest BCUT2D eigenvalue weighted by Crippen LogP contribution is 2.45. The van der Waals surface area contributed by atoms with Gasteiger partial charge in [0, 0.05) is 49.8 Å². The van der Waals surface area contributed by atoms with Crippen LogP contribution < -0.4 is 10.6 Å². The van der Waals surface area contributed by atoms with Gasteiger partial charge in [0.25, 0.3) is 0 Å². The molecule has 1 aliphatic carbocycles. The Hall–Kier alpha value is -3.67. The number of rotatable bonds is 10. The van der Waals surface area contributed by atoms with E-state index in [-0.39, 0.29) is 30.7 Å². The highest BCUT2D eigenvalue weighted by Gasteiger charge is 2.51. The zero-order valence-electron chi connectivity index (χ0n) is 27.4. The average Bonchev–Trinajstić information content (AvgIpc) is 3.50. The number of aliphatic hydroxyl groups is 1. The van der Waals surface area contributed by atoms with Crippen LogP contribution in [-0.2, 0) is 4.79 Å². The second-order valence-electron chi connectivity index (χ2n) is 13.5. The summed E-state index contributed by atoms with van der Waals surface area (Å²) in [4.78, 5) is 19.0. The van der Waals surface area contributed by atoms with Crippen LogP contribution in [0.15, 0.2) is 40.8 Å². The molecule has 2 aromatic carbocycles. The van der Waals surface area contributed by atoms with Crippen LogP contribution in [0.3, 0.4) is 0 Å². The first kappa shape index (κ1) is 36.6. The molecule has 2 aliphatic rings. The lowest BCUT2D eigenvalue weighted by Gasteiger charge is -2.37. The van der Waals surface area contributed by atoms with Gasteiger partial charge in [-0.05, 0) is 73.8 Å². The van der Waals surface area contributed by atoms with Gasteiger partial charge >= 0.3 is 12.4 Å². The highest BCUT2D eigenvalue weighted by atomic mass is 19.4. The minimum Gasteiger partial charge on any atom is -0.436 e. The number of aromatic nitrogens is 1. The van der Waals surface area contributed by atoms with Gasteiger partial charge in [-0.25, -0.2) is 4.98 Å². The summed E-state index contributed by atoms with van der Waals surface area (Å²) < 4.78 is 85.6. The Morgan fingerprint density at radius 3 is 2.24 bits per heavy atom. The second-order valence-corrected chi connectivity index (χ2v) is 13.5. The predicted octanol–water partition coefficient (Wildman–Crippen LogP) is 7.20. The summed E-state index contributed by atoms with van der Waals surface area (Å²) in [6.45, 7) is 5.52. The van der Waals surface area contributed by atoms with Crippen molar-refractivity contribution in [1.29, 1.82) is 5.26 Å². The molecule has 3 atom stereocenters. The Bertz CT molecular complexity index is 1600. The summed E-state index contributed by atoms with van der Waals surface area (Å²) in [6, 6.07) is 11.9. The van der Waals surface area contributed by atoms with E-state index < -0.39 is 55.7 Å². The van der Waals surface area contributed by atoms with Crippen LogP contribution in [0.2, 0.25) is 0 Å². The molecule has 1 aromatic heterocycles. The normalized spacial score (nSPS) is 21.7. The lowest BCUT2D eigenvalue weighted by atomic mass is 9.77. The fourth-order valence-electron chi connectivity index (χ4n) is 6.83. The van der Waals surface area contributed by atoms with Crippen molar-refractivity contribution in [1.82, 2.24) is 20.5 Å². The third-order valence-corrected chi connectivity index (χ3v) is 9.72. The summed E-state index contributed by atoms with van der Waals surface area (Å²) in [5.41, 5.74) is 4.04. The molecule has 1 saturated carbocycles. The molecule has 5 rings (SSSR count). The van der Waals surface area contributed by atoms with Gasteiger partial charge in [0.1, 0.15) is 11.7 Å². The van der Waals surface area contributed by atoms with Gasteiger partial charge in [0.2, 0.25) is 11.8 Å². The van der Waals surface area contributed by atoms with Crippen LogP contribution in [0, 0.1) is 29.1 Å². The Balaban J connectivity index is 1.05. The first-order valence-electron chi connectivity index (χ1n) is 16.6. The van der Waals surface area contributed by atoms with Crippen molar-refractivity contribution in [3.8, 4) is 17.5 Å². The molecule has 2 fully saturated rings. The maximum Gasteiger partial charge on any atom is 0.391 e. The molecule has 3 N–H and O–H groups in total. The Kier molecular flexibility index (Phi) is 11.3. The van der Waals surface area contributed by atoms with Crippen LogP contribution >= 0.6 is 0 Å². The Labute approximate surface area is 280 Å². The first-order valence-corrected chi connectivity index (χ1v) is 16.6. The molecule has 0 radical (unpaired) electrons. The summed E-state index contributed by atoms with van der Waals surface area (Å²) in [7, 11) is 0. The lowest BCUT2D eigenvalue weighted by molar-refractivity contribution is -0.225. The fraction of sp³-hybridized carbons (Fsp3) is 0.571. The number of benzene rings is 2. The largest absolute Gasteiger partial charge is 0.436 e. The van der Waals surface area contributed by atoms with Gasteiger partial charge in [0.05, 0.1) is 23.5 Å². The number of carbonyl (C=O) groups is 1. The summed E-state index contributed by atoms with van der Waals surface area (Å²) in [5, 5.41) is 26.1. The maximum atomic E-state index is 13.3. The number of nitriles is 1. The van der Waals surface area contributed by atoms with Crippen molar-refractivity contribution in [2.24, 2.45) is 17.8 Å². The molecule has 49 heavy (non-hydrogen) atoms. The molecule has 1 aliphatic heterocycles. The van der Waals surface area contributed by atoms with Crippen molar-refractivity contribution in [3.05, 3.63) is 53.1 Å². The molecule has 2 heterocycles. The molecule has 8 nitrogen and oxygen atoms in total. The molecular formula is C35H41F6N5O3. The molecule has 266 valence electrons. The number of amides is 1. The molecule has 1 saturated heterocycles. The van der Waals surface area contributed by atoms with Crippen LogP contribution in [-0.4, -0.2) is 65.5 Å². The fourth-order valence-corrected chi connectivity index (χ4v) is 6.83. The molecular weight excluding hydrogens is 652 g/mol. The number of hydrogen-bond donors (Lipinski definition) is 3. The van der Waals surface area contributed by atoms with Crippen molar-refractivity contribution < 1.29 is 40.7 Å².